The SMILES string of the molecule is Cc1ccccc1OC[C@@H](O)CN(Cc1ccccc1)Cc1ccco1. The molecule has 4 nitrogen and oxygen atoms in total. The third kappa shape index (κ3) is 5.48. The molecule has 0 unspecified atom stereocenters. The number of benzene rings is 2. The van der Waals surface area contributed by atoms with Gasteiger partial charge in [0.15, 0.2) is 0 Å². The van der Waals surface area contributed by atoms with Crippen LogP contribution in [0.5, 0.6) is 5.75 Å². The molecule has 2 aromatic carbocycles. The topological polar surface area (TPSA) is 45.8 Å². The third-order valence-electron chi connectivity index (χ3n) is 4.20. The molecule has 0 aliphatic rings. The Morgan fingerprint density at radius 1 is 0.962 bits per heavy atom. The van der Waals surface area contributed by atoms with Gasteiger partial charge in [-0.25, -0.2) is 0 Å². The van der Waals surface area contributed by atoms with Crippen LogP contribution in [-0.2, 0) is 13.1 Å². The molecule has 0 fully saturated rings. The Morgan fingerprint density at radius 3 is 2.46 bits per heavy atom. The van der Waals surface area contributed by atoms with Crippen LogP contribution in [0.4, 0.5) is 0 Å². The van der Waals surface area contributed by atoms with Crippen LogP contribution < -0.4 is 4.74 Å². The predicted molar refractivity (Wildman–Crippen MR) is 102 cm³/mol. The monoisotopic (exact) mass is 351 g/mol. The molecule has 0 aliphatic carbocycles. The van der Waals surface area contributed by atoms with Gasteiger partial charge in [-0.1, -0.05) is 48.5 Å². The van der Waals surface area contributed by atoms with E-state index >= 15 is 0 Å². The lowest BCUT2D eigenvalue weighted by atomic mass is 10.2. The van der Waals surface area contributed by atoms with E-state index in [9.17, 15) is 5.11 Å². The quantitative estimate of drug-likeness (QED) is 0.632. The van der Waals surface area contributed by atoms with Crippen LogP contribution >= 0.6 is 0 Å². The van der Waals surface area contributed by atoms with Gasteiger partial charge in [-0.3, -0.25) is 4.90 Å². The summed E-state index contributed by atoms with van der Waals surface area (Å²) >= 11 is 0. The Hall–Kier alpha value is -2.56. The lowest BCUT2D eigenvalue weighted by Gasteiger charge is -2.24. The molecule has 4 heteroatoms. The number of aliphatic hydroxyl groups is 1. The van der Waals surface area contributed by atoms with E-state index in [4.69, 9.17) is 9.15 Å². The first-order valence-electron chi connectivity index (χ1n) is 8.86. The first-order chi connectivity index (χ1) is 12.7. The van der Waals surface area contributed by atoms with Crippen molar-refractivity contribution in [1.29, 1.82) is 0 Å². The maximum Gasteiger partial charge on any atom is 0.122 e. The fraction of sp³-hybridized carbons (Fsp3) is 0.273. The molecular formula is C22H25NO3. The minimum absolute atomic E-state index is 0.258. The number of ether oxygens (including phenoxy) is 1. The Bertz CT molecular complexity index is 771. The summed E-state index contributed by atoms with van der Waals surface area (Å²) in [6.45, 7) is 4.14. The fourth-order valence-corrected chi connectivity index (χ4v) is 2.90. The van der Waals surface area contributed by atoms with Crippen molar-refractivity contribution in [3.05, 3.63) is 89.9 Å². The van der Waals surface area contributed by atoms with E-state index in [-0.39, 0.29) is 6.61 Å². The lowest BCUT2D eigenvalue weighted by molar-refractivity contribution is 0.0602. The predicted octanol–water partition coefficient (Wildman–Crippen LogP) is 4.03. The van der Waals surface area contributed by atoms with Gasteiger partial charge >= 0.3 is 0 Å². The number of rotatable bonds is 9. The van der Waals surface area contributed by atoms with Gasteiger partial charge < -0.3 is 14.3 Å². The van der Waals surface area contributed by atoms with Gasteiger partial charge in [0.2, 0.25) is 0 Å². The molecule has 1 aromatic heterocycles. The van der Waals surface area contributed by atoms with Crippen molar-refractivity contribution in [3.63, 3.8) is 0 Å². The van der Waals surface area contributed by atoms with Gasteiger partial charge in [-0.15, -0.1) is 0 Å². The summed E-state index contributed by atoms with van der Waals surface area (Å²) in [7, 11) is 0. The Balaban J connectivity index is 1.59. The maximum atomic E-state index is 10.5. The van der Waals surface area contributed by atoms with E-state index in [1.807, 2.05) is 61.5 Å². The number of hydrogen-bond acceptors (Lipinski definition) is 4. The van der Waals surface area contributed by atoms with Crippen LogP contribution in [0, 0.1) is 6.92 Å². The van der Waals surface area contributed by atoms with E-state index in [1.165, 1.54) is 5.56 Å². The van der Waals surface area contributed by atoms with Crippen LogP contribution in [0.15, 0.2) is 77.4 Å². The zero-order valence-corrected chi connectivity index (χ0v) is 15.0. The molecule has 1 heterocycles. The third-order valence-corrected chi connectivity index (χ3v) is 4.20. The molecule has 136 valence electrons. The highest BCUT2D eigenvalue weighted by molar-refractivity contribution is 5.31. The van der Waals surface area contributed by atoms with Crippen molar-refractivity contribution in [1.82, 2.24) is 4.90 Å². The van der Waals surface area contributed by atoms with Gasteiger partial charge in [0.25, 0.3) is 0 Å². The average molecular weight is 351 g/mol. The van der Waals surface area contributed by atoms with Crippen LogP contribution in [0.1, 0.15) is 16.9 Å². The van der Waals surface area contributed by atoms with Gasteiger partial charge in [-0.2, -0.15) is 0 Å². The summed E-state index contributed by atoms with van der Waals surface area (Å²) in [5, 5.41) is 10.5. The molecule has 1 atom stereocenters. The fourth-order valence-electron chi connectivity index (χ4n) is 2.90. The molecule has 0 bridgehead atoms. The Kier molecular flexibility index (Phi) is 6.47. The first-order valence-corrected chi connectivity index (χ1v) is 8.86. The highest BCUT2D eigenvalue weighted by atomic mass is 16.5. The Morgan fingerprint density at radius 2 is 1.73 bits per heavy atom. The van der Waals surface area contributed by atoms with Gasteiger partial charge in [0.05, 0.1) is 12.8 Å². The largest absolute Gasteiger partial charge is 0.491 e. The number of nitrogens with zero attached hydrogens (tertiary/aromatic N) is 1. The molecule has 1 N–H and O–H groups in total. The molecule has 26 heavy (non-hydrogen) atoms. The highest BCUT2D eigenvalue weighted by Gasteiger charge is 2.15. The minimum atomic E-state index is -0.590. The van der Waals surface area contributed by atoms with Gasteiger partial charge in [0.1, 0.15) is 24.2 Å². The van der Waals surface area contributed by atoms with E-state index in [1.54, 1.807) is 6.26 Å². The second-order valence-electron chi connectivity index (χ2n) is 6.46. The minimum Gasteiger partial charge on any atom is -0.491 e. The molecule has 0 aliphatic heterocycles. The van der Waals surface area contributed by atoms with Crippen LogP contribution in [0.25, 0.3) is 0 Å². The molecule has 0 saturated carbocycles. The lowest BCUT2D eigenvalue weighted by Crippen LogP contribution is -2.35. The second kappa shape index (κ2) is 9.22. The zero-order valence-electron chi connectivity index (χ0n) is 15.0. The van der Waals surface area contributed by atoms with Crippen LogP contribution in [0.2, 0.25) is 0 Å². The molecule has 0 spiro atoms. The smallest absolute Gasteiger partial charge is 0.122 e. The number of aryl methyl sites for hydroxylation is 1. The van der Waals surface area contributed by atoms with Crippen LogP contribution in [-0.4, -0.2) is 29.3 Å². The van der Waals surface area contributed by atoms with E-state index in [2.05, 4.69) is 17.0 Å². The summed E-state index contributed by atoms with van der Waals surface area (Å²) in [6, 6.07) is 21.9. The number of para-hydroxylation sites is 1. The first kappa shape index (κ1) is 18.2. The second-order valence-corrected chi connectivity index (χ2v) is 6.46. The summed E-state index contributed by atoms with van der Waals surface area (Å²) in [4.78, 5) is 2.17. The van der Waals surface area contributed by atoms with Crippen molar-refractivity contribution < 1.29 is 14.3 Å². The number of aliphatic hydroxyl groups excluding tert-OH is 1. The summed E-state index contributed by atoms with van der Waals surface area (Å²) in [5.74, 6) is 1.69. The van der Waals surface area contributed by atoms with E-state index < -0.39 is 6.10 Å². The maximum absolute atomic E-state index is 10.5. The van der Waals surface area contributed by atoms with E-state index in [0.717, 1.165) is 23.6 Å². The van der Waals surface area contributed by atoms with Gasteiger partial charge in [-0.05, 0) is 36.2 Å². The van der Waals surface area contributed by atoms with Gasteiger partial charge in [0, 0.05) is 13.1 Å². The van der Waals surface area contributed by atoms with E-state index in [0.29, 0.717) is 13.1 Å². The van der Waals surface area contributed by atoms with Crippen molar-refractivity contribution >= 4 is 0 Å². The van der Waals surface area contributed by atoms with Crippen LogP contribution in [0.3, 0.4) is 0 Å². The van der Waals surface area contributed by atoms with Crippen molar-refractivity contribution in [3.8, 4) is 5.75 Å². The number of furan rings is 1. The molecular weight excluding hydrogens is 326 g/mol. The highest BCUT2D eigenvalue weighted by Crippen LogP contribution is 2.17. The normalized spacial score (nSPS) is 12.3. The Labute approximate surface area is 154 Å². The van der Waals surface area contributed by atoms with Crippen molar-refractivity contribution in [2.24, 2.45) is 0 Å². The summed E-state index contributed by atoms with van der Waals surface area (Å²) in [5.41, 5.74) is 2.27. The summed E-state index contributed by atoms with van der Waals surface area (Å²) < 4.78 is 11.3. The molecule has 3 aromatic rings. The zero-order chi connectivity index (χ0) is 18.2. The van der Waals surface area contributed by atoms with Crippen molar-refractivity contribution in [2.75, 3.05) is 13.2 Å². The summed E-state index contributed by atoms with van der Waals surface area (Å²) in [6.07, 6.45) is 1.08. The molecule has 3 rings (SSSR count). The molecule has 0 amide bonds. The van der Waals surface area contributed by atoms with Crippen molar-refractivity contribution in [2.45, 2.75) is 26.1 Å². The molecule has 0 radical (unpaired) electrons. The average Bonchev–Trinajstić information content (AvgIpc) is 3.15. The number of hydrogen-bond donors (Lipinski definition) is 1. The molecule has 0 saturated heterocycles. The standard InChI is InChI=1S/C22H25NO3/c1-18-8-5-6-12-22(18)26-17-20(24)15-23(16-21-11-7-13-25-21)14-19-9-3-2-4-10-19/h2-13,20,24H,14-17H2,1H3/t20-/m0/s1.